The van der Waals surface area contributed by atoms with Gasteiger partial charge in [0.05, 0.1) is 26.3 Å². The van der Waals surface area contributed by atoms with E-state index in [-0.39, 0.29) is 12.1 Å². The summed E-state index contributed by atoms with van der Waals surface area (Å²) in [5, 5.41) is 3.92. The Bertz CT molecular complexity index is 170. The van der Waals surface area contributed by atoms with Crippen LogP contribution in [0.3, 0.4) is 0 Å². The first-order chi connectivity index (χ1) is 5.63. The Labute approximate surface area is 77.9 Å². The quantitative estimate of drug-likeness (QED) is 0.599. The lowest BCUT2D eigenvalue weighted by Crippen LogP contribution is -2.32. The van der Waals surface area contributed by atoms with Gasteiger partial charge < -0.3 is 0 Å². The van der Waals surface area contributed by atoms with E-state index in [0.717, 1.165) is 0 Å². The molecule has 0 aliphatic carbocycles. The number of hydrogen-bond donors (Lipinski definition) is 0. The third-order valence-corrected chi connectivity index (χ3v) is 2.57. The van der Waals surface area contributed by atoms with Crippen molar-refractivity contribution in [3.8, 4) is 0 Å². The van der Waals surface area contributed by atoms with Gasteiger partial charge in [-0.1, -0.05) is 0 Å². The van der Waals surface area contributed by atoms with Crippen LogP contribution >= 0.6 is 12.2 Å². The first-order valence-electron chi connectivity index (χ1n) is 3.84. The predicted octanol–water partition coefficient (Wildman–Crippen LogP) is 0.789. The van der Waals surface area contributed by atoms with Crippen LogP contribution in [-0.2, 0) is 9.68 Å². The summed E-state index contributed by atoms with van der Waals surface area (Å²) in [6.07, 6.45) is 0. The van der Waals surface area contributed by atoms with Crippen molar-refractivity contribution in [3.05, 3.63) is 0 Å². The molecule has 0 spiro atoms. The summed E-state index contributed by atoms with van der Waals surface area (Å²) < 4.78 is 0. The number of rotatable bonds is 2. The molecule has 0 aromatic carbocycles. The second kappa shape index (κ2) is 3.55. The Morgan fingerprint density at radius 1 is 1.08 bits per heavy atom. The summed E-state index contributed by atoms with van der Waals surface area (Å²) in [5.41, 5.74) is 0. The van der Waals surface area contributed by atoms with Crippen LogP contribution in [0, 0.1) is 0 Å². The Hall–Kier alpha value is -0.390. The molecule has 0 aromatic heterocycles. The maximum Gasteiger partial charge on any atom is 0.220 e. The fourth-order valence-electron chi connectivity index (χ4n) is 1.33. The first kappa shape index (κ1) is 9.70. The maximum absolute atomic E-state index is 5.12. The van der Waals surface area contributed by atoms with E-state index >= 15 is 0 Å². The highest BCUT2D eigenvalue weighted by molar-refractivity contribution is 7.80. The van der Waals surface area contributed by atoms with Crippen molar-refractivity contribution < 1.29 is 9.68 Å². The van der Waals surface area contributed by atoms with Gasteiger partial charge in [0.15, 0.2) is 0 Å². The molecule has 1 fully saturated rings. The van der Waals surface area contributed by atoms with Crippen molar-refractivity contribution in [1.29, 1.82) is 0 Å². The Morgan fingerprint density at radius 3 is 1.58 bits per heavy atom. The van der Waals surface area contributed by atoms with Gasteiger partial charge in [0.1, 0.15) is 0 Å². The van der Waals surface area contributed by atoms with Crippen LogP contribution in [0.1, 0.15) is 13.8 Å². The summed E-state index contributed by atoms with van der Waals surface area (Å²) >= 11 is 5.12. The molecule has 1 saturated heterocycles. The minimum atomic E-state index is 0.224. The van der Waals surface area contributed by atoms with Crippen molar-refractivity contribution in [2.24, 2.45) is 0 Å². The Kier molecular flexibility index (Phi) is 2.87. The standard InChI is InChI=1S/C7H14N2O2S/c1-5-6(2)9(11-4)7(12)8(5)10-3/h5-6H,1-4H3. The van der Waals surface area contributed by atoms with Crippen molar-refractivity contribution in [2.75, 3.05) is 14.2 Å². The zero-order chi connectivity index (χ0) is 9.30. The molecule has 0 bridgehead atoms. The lowest BCUT2D eigenvalue weighted by atomic mass is 10.2. The van der Waals surface area contributed by atoms with Crippen LogP contribution in [0.4, 0.5) is 0 Å². The molecular weight excluding hydrogens is 176 g/mol. The molecule has 2 unspecified atom stereocenters. The lowest BCUT2D eigenvalue weighted by molar-refractivity contribution is -0.0838. The normalized spacial score (nSPS) is 30.2. The second-order valence-corrected chi connectivity index (χ2v) is 3.15. The van der Waals surface area contributed by atoms with Crippen molar-refractivity contribution in [3.63, 3.8) is 0 Å². The van der Waals surface area contributed by atoms with Crippen molar-refractivity contribution in [1.82, 2.24) is 10.1 Å². The van der Waals surface area contributed by atoms with Gasteiger partial charge in [-0.05, 0) is 26.1 Å². The van der Waals surface area contributed by atoms with E-state index in [1.807, 2.05) is 13.8 Å². The highest BCUT2D eigenvalue weighted by Crippen LogP contribution is 2.22. The van der Waals surface area contributed by atoms with Crippen LogP contribution in [-0.4, -0.2) is 41.5 Å². The van der Waals surface area contributed by atoms with Crippen molar-refractivity contribution >= 4 is 17.3 Å². The smallest absolute Gasteiger partial charge is 0.220 e. The summed E-state index contributed by atoms with van der Waals surface area (Å²) in [7, 11) is 3.21. The molecule has 5 heteroatoms. The topological polar surface area (TPSA) is 24.9 Å². The molecule has 1 heterocycles. The average molecular weight is 190 g/mol. The van der Waals surface area contributed by atoms with E-state index in [4.69, 9.17) is 21.9 Å². The highest BCUT2D eigenvalue weighted by Gasteiger charge is 2.39. The zero-order valence-corrected chi connectivity index (χ0v) is 8.59. The maximum atomic E-state index is 5.12. The molecule has 4 nitrogen and oxygen atoms in total. The molecule has 70 valence electrons. The van der Waals surface area contributed by atoms with Gasteiger partial charge in [-0.3, -0.25) is 9.68 Å². The van der Waals surface area contributed by atoms with E-state index in [0.29, 0.717) is 5.11 Å². The zero-order valence-electron chi connectivity index (χ0n) is 7.77. The predicted molar refractivity (Wildman–Crippen MR) is 49.2 cm³/mol. The molecule has 1 aliphatic rings. The third kappa shape index (κ3) is 1.28. The van der Waals surface area contributed by atoms with Gasteiger partial charge in [0.2, 0.25) is 5.11 Å². The second-order valence-electron chi connectivity index (χ2n) is 2.78. The summed E-state index contributed by atoms with van der Waals surface area (Å²) in [6, 6.07) is 0.449. The number of nitrogens with zero attached hydrogens (tertiary/aromatic N) is 2. The monoisotopic (exact) mass is 190 g/mol. The molecule has 0 aromatic rings. The molecule has 1 rings (SSSR count). The van der Waals surface area contributed by atoms with Gasteiger partial charge in [-0.25, -0.2) is 10.1 Å². The molecule has 2 atom stereocenters. The molecule has 0 saturated carbocycles. The number of thiocarbonyl (C=S) groups is 1. The van der Waals surface area contributed by atoms with Crippen LogP contribution in [0.2, 0.25) is 0 Å². The number of hydrogen-bond acceptors (Lipinski definition) is 3. The summed E-state index contributed by atoms with van der Waals surface area (Å²) in [5.74, 6) is 0. The fraction of sp³-hybridized carbons (Fsp3) is 0.857. The minimum Gasteiger partial charge on any atom is -0.274 e. The van der Waals surface area contributed by atoms with E-state index in [1.54, 1.807) is 24.3 Å². The molecular formula is C7H14N2O2S. The highest BCUT2D eigenvalue weighted by atomic mass is 32.1. The summed E-state index contributed by atoms with van der Waals surface area (Å²) in [6.45, 7) is 4.08. The first-order valence-corrected chi connectivity index (χ1v) is 4.25. The Morgan fingerprint density at radius 2 is 1.42 bits per heavy atom. The fourth-order valence-corrected chi connectivity index (χ4v) is 1.81. The largest absolute Gasteiger partial charge is 0.274 e. The van der Waals surface area contributed by atoms with E-state index in [2.05, 4.69) is 0 Å². The molecule has 0 amide bonds. The molecule has 0 radical (unpaired) electrons. The molecule has 1 aliphatic heterocycles. The van der Waals surface area contributed by atoms with Crippen molar-refractivity contribution in [2.45, 2.75) is 25.9 Å². The third-order valence-electron chi connectivity index (χ3n) is 2.21. The minimum absolute atomic E-state index is 0.224. The molecule has 12 heavy (non-hydrogen) atoms. The molecule has 0 N–H and O–H groups in total. The van der Waals surface area contributed by atoms with Gasteiger partial charge in [0.25, 0.3) is 0 Å². The Balaban J connectivity index is 2.78. The van der Waals surface area contributed by atoms with E-state index < -0.39 is 0 Å². The summed E-state index contributed by atoms with van der Waals surface area (Å²) in [4.78, 5) is 10.2. The number of hydroxylamine groups is 4. The lowest BCUT2D eigenvalue weighted by Gasteiger charge is -2.18. The van der Waals surface area contributed by atoms with Crippen LogP contribution in [0.15, 0.2) is 0 Å². The van der Waals surface area contributed by atoms with Gasteiger partial charge in [-0.2, -0.15) is 0 Å². The van der Waals surface area contributed by atoms with Crippen LogP contribution in [0.25, 0.3) is 0 Å². The van der Waals surface area contributed by atoms with Gasteiger partial charge in [0, 0.05) is 0 Å². The average Bonchev–Trinajstić information content (AvgIpc) is 2.25. The van der Waals surface area contributed by atoms with Gasteiger partial charge in [-0.15, -0.1) is 0 Å². The van der Waals surface area contributed by atoms with E-state index in [1.165, 1.54) is 0 Å². The SMILES string of the molecule is CON1C(=S)N(OC)C(C)C1C. The van der Waals surface area contributed by atoms with Gasteiger partial charge >= 0.3 is 0 Å². The van der Waals surface area contributed by atoms with E-state index in [9.17, 15) is 0 Å². The van der Waals surface area contributed by atoms with Crippen LogP contribution < -0.4 is 0 Å². The van der Waals surface area contributed by atoms with Crippen LogP contribution in [0.5, 0.6) is 0 Å².